The zero-order chi connectivity index (χ0) is 8.97. The third-order valence-corrected chi connectivity index (χ3v) is 2.44. The zero-order valence-corrected chi connectivity index (χ0v) is 7.68. The molecule has 1 saturated carbocycles. The minimum Gasteiger partial charge on any atom is -0.353 e. The maximum Gasteiger partial charge on any atom is 0.221 e. The first kappa shape index (κ1) is 9.52. The Balaban J connectivity index is 2.10. The molecule has 3 nitrogen and oxygen atoms in total. The van der Waals surface area contributed by atoms with Gasteiger partial charge in [-0.25, -0.2) is 0 Å². The number of hydrogen-bond acceptors (Lipinski definition) is 2. The Hall–Kier alpha value is -0.570. The average molecular weight is 170 g/mol. The van der Waals surface area contributed by atoms with Crippen molar-refractivity contribution in [3.63, 3.8) is 0 Å². The van der Waals surface area contributed by atoms with E-state index < -0.39 is 0 Å². The first-order chi connectivity index (χ1) is 5.72. The second-order valence-corrected chi connectivity index (χ2v) is 3.57. The van der Waals surface area contributed by atoms with Crippen molar-refractivity contribution in [3.05, 3.63) is 0 Å². The third-order valence-electron chi connectivity index (χ3n) is 2.44. The van der Waals surface area contributed by atoms with Crippen molar-refractivity contribution >= 4 is 5.91 Å². The van der Waals surface area contributed by atoms with E-state index in [2.05, 4.69) is 5.32 Å². The number of rotatable bonds is 4. The number of nitrogens with two attached hydrogens (primary N) is 1. The molecular weight excluding hydrogens is 152 g/mol. The van der Waals surface area contributed by atoms with Crippen LogP contribution in [0.15, 0.2) is 0 Å². The van der Waals surface area contributed by atoms with Gasteiger partial charge in [-0.2, -0.15) is 0 Å². The molecule has 0 aliphatic heterocycles. The van der Waals surface area contributed by atoms with Crippen LogP contribution in [0.1, 0.15) is 39.0 Å². The molecule has 1 aliphatic carbocycles. The topological polar surface area (TPSA) is 55.1 Å². The van der Waals surface area contributed by atoms with Crippen molar-refractivity contribution in [2.24, 2.45) is 5.73 Å². The average Bonchev–Trinajstić information content (AvgIpc) is 1.97. The fourth-order valence-electron chi connectivity index (χ4n) is 1.22. The number of carbonyl (C=O) groups excluding carboxylic acids is 1. The first-order valence-electron chi connectivity index (χ1n) is 4.77. The fourth-order valence-corrected chi connectivity index (χ4v) is 1.22. The molecule has 0 spiro atoms. The Kier molecular flexibility index (Phi) is 3.53. The van der Waals surface area contributed by atoms with E-state index in [4.69, 9.17) is 5.73 Å². The zero-order valence-electron chi connectivity index (χ0n) is 7.68. The summed E-state index contributed by atoms with van der Waals surface area (Å²) in [7, 11) is 0. The molecule has 1 rings (SSSR count). The lowest BCUT2D eigenvalue weighted by atomic mass is 9.93. The number of nitrogens with one attached hydrogen (secondary N) is 1. The molecule has 70 valence electrons. The summed E-state index contributed by atoms with van der Waals surface area (Å²) in [4.78, 5) is 11.2. The van der Waals surface area contributed by atoms with Crippen LogP contribution in [-0.4, -0.2) is 18.0 Å². The van der Waals surface area contributed by atoms with E-state index in [1.165, 1.54) is 6.42 Å². The Labute approximate surface area is 73.7 Å². The van der Waals surface area contributed by atoms with Gasteiger partial charge >= 0.3 is 0 Å². The minimum atomic E-state index is 0.0325. The summed E-state index contributed by atoms with van der Waals surface area (Å²) in [5.41, 5.74) is 5.65. The van der Waals surface area contributed by atoms with E-state index in [0.29, 0.717) is 12.5 Å². The summed E-state index contributed by atoms with van der Waals surface area (Å²) in [6.45, 7) is 2.00. The summed E-state index contributed by atoms with van der Waals surface area (Å²) in [6, 6.07) is 0.478. The maximum atomic E-state index is 11.2. The van der Waals surface area contributed by atoms with Crippen LogP contribution < -0.4 is 11.1 Å². The molecule has 0 heterocycles. The molecular formula is C9H18N2O. The van der Waals surface area contributed by atoms with Gasteiger partial charge in [0, 0.05) is 18.5 Å². The molecule has 0 radical (unpaired) electrons. The lowest BCUT2D eigenvalue weighted by Gasteiger charge is -2.26. The van der Waals surface area contributed by atoms with Crippen molar-refractivity contribution in [1.29, 1.82) is 0 Å². The molecule has 1 unspecified atom stereocenters. The van der Waals surface area contributed by atoms with Gasteiger partial charge in [-0.3, -0.25) is 4.79 Å². The molecule has 1 atom stereocenters. The molecule has 1 aliphatic rings. The van der Waals surface area contributed by atoms with Crippen molar-refractivity contribution in [2.75, 3.05) is 0 Å². The fraction of sp³-hybridized carbons (Fsp3) is 0.889. The van der Waals surface area contributed by atoms with E-state index in [9.17, 15) is 4.79 Å². The standard InChI is InChI=1S/C9H18N2O/c1-2-7(10)6-9(12)11-8-4-3-5-8/h7-8H,2-6,10H2,1H3,(H,11,12). The van der Waals surface area contributed by atoms with E-state index in [1.54, 1.807) is 0 Å². The van der Waals surface area contributed by atoms with Gasteiger partial charge in [0.15, 0.2) is 0 Å². The van der Waals surface area contributed by atoms with E-state index in [1.807, 2.05) is 6.92 Å². The Morgan fingerprint density at radius 3 is 2.75 bits per heavy atom. The van der Waals surface area contributed by atoms with Crippen LogP contribution in [0.5, 0.6) is 0 Å². The highest BCUT2D eigenvalue weighted by atomic mass is 16.1. The van der Waals surface area contributed by atoms with Crippen molar-refractivity contribution < 1.29 is 4.79 Å². The summed E-state index contributed by atoms with van der Waals surface area (Å²) in [6.07, 6.45) is 4.90. The van der Waals surface area contributed by atoms with Crippen molar-refractivity contribution in [1.82, 2.24) is 5.32 Å². The summed E-state index contributed by atoms with van der Waals surface area (Å²) < 4.78 is 0. The van der Waals surface area contributed by atoms with E-state index >= 15 is 0 Å². The van der Waals surface area contributed by atoms with Crippen LogP contribution in [0, 0.1) is 0 Å². The van der Waals surface area contributed by atoms with Gasteiger partial charge < -0.3 is 11.1 Å². The predicted octanol–water partition coefficient (Wildman–Crippen LogP) is 0.782. The van der Waals surface area contributed by atoms with Crippen LogP contribution in [0.2, 0.25) is 0 Å². The maximum absolute atomic E-state index is 11.2. The smallest absolute Gasteiger partial charge is 0.221 e. The van der Waals surface area contributed by atoms with E-state index in [0.717, 1.165) is 19.3 Å². The molecule has 3 heteroatoms. The summed E-state index contributed by atoms with van der Waals surface area (Å²) >= 11 is 0. The van der Waals surface area contributed by atoms with Crippen LogP contribution in [-0.2, 0) is 4.79 Å². The van der Waals surface area contributed by atoms with Gasteiger partial charge in [0.25, 0.3) is 0 Å². The largest absolute Gasteiger partial charge is 0.353 e. The lowest BCUT2D eigenvalue weighted by molar-refractivity contribution is -0.122. The molecule has 0 aromatic carbocycles. The number of hydrogen-bond donors (Lipinski definition) is 2. The van der Waals surface area contributed by atoms with Crippen LogP contribution in [0.25, 0.3) is 0 Å². The SMILES string of the molecule is CCC(N)CC(=O)NC1CCC1. The van der Waals surface area contributed by atoms with Gasteiger partial charge in [0.1, 0.15) is 0 Å². The molecule has 12 heavy (non-hydrogen) atoms. The first-order valence-corrected chi connectivity index (χ1v) is 4.77. The highest BCUT2D eigenvalue weighted by molar-refractivity contribution is 5.76. The molecule has 0 saturated heterocycles. The molecule has 0 bridgehead atoms. The summed E-state index contributed by atoms with van der Waals surface area (Å²) in [5.74, 6) is 0.119. The molecule has 0 aromatic rings. The monoisotopic (exact) mass is 170 g/mol. The van der Waals surface area contributed by atoms with Gasteiger partial charge in [0.2, 0.25) is 5.91 Å². The Bertz CT molecular complexity index is 146. The Morgan fingerprint density at radius 2 is 2.33 bits per heavy atom. The Morgan fingerprint density at radius 1 is 1.67 bits per heavy atom. The molecule has 1 amide bonds. The molecule has 0 aromatic heterocycles. The summed E-state index contributed by atoms with van der Waals surface area (Å²) in [5, 5.41) is 2.96. The quantitative estimate of drug-likeness (QED) is 0.655. The lowest BCUT2D eigenvalue weighted by Crippen LogP contribution is -2.41. The van der Waals surface area contributed by atoms with Gasteiger partial charge in [-0.15, -0.1) is 0 Å². The molecule has 1 fully saturated rings. The second kappa shape index (κ2) is 4.45. The number of carbonyl (C=O) groups is 1. The van der Waals surface area contributed by atoms with Crippen LogP contribution >= 0.6 is 0 Å². The van der Waals surface area contributed by atoms with Crippen LogP contribution in [0.3, 0.4) is 0 Å². The number of amides is 1. The van der Waals surface area contributed by atoms with Gasteiger partial charge in [-0.05, 0) is 25.7 Å². The highest BCUT2D eigenvalue weighted by Gasteiger charge is 2.19. The van der Waals surface area contributed by atoms with Crippen molar-refractivity contribution in [2.45, 2.75) is 51.1 Å². The van der Waals surface area contributed by atoms with Gasteiger partial charge in [0.05, 0.1) is 0 Å². The van der Waals surface area contributed by atoms with Crippen molar-refractivity contribution in [3.8, 4) is 0 Å². The second-order valence-electron chi connectivity index (χ2n) is 3.57. The predicted molar refractivity (Wildman–Crippen MR) is 48.7 cm³/mol. The normalized spacial score (nSPS) is 19.8. The third kappa shape index (κ3) is 2.81. The van der Waals surface area contributed by atoms with Gasteiger partial charge in [-0.1, -0.05) is 6.92 Å². The highest BCUT2D eigenvalue weighted by Crippen LogP contribution is 2.17. The molecule has 3 N–H and O–H groups in total. The van der Waals surface area contributed by atoms with E-state index in [-0.39, 0.29) is 11.9 Å². The van der Waals surface area contributed by atoms with Crippen LogP contribution in [0.4, 0.5) is 0 Å². The minimum absolute atomic E-state index is 0.0325.